The van der Waals surface area contributed by atoms with Crippen molar-refractivity contribution in [1.29, 1.82) is 0 Å². The number of hydrogen-bond acceptors (Lipinski definition) is 2. The van der Waals surface area contributed by atoms with E-state index < -0.39 is 0 Å². The van der Waals surface area contributed by atoms with E-state index in [9.17, 15) is 0 Å². The molecule has 2 nitrogen and oxygen atoms in total. The summed E-state index contributed by atoms with van der Waals surface area (Å²) in [5, 5.41) is 0. The quantitative estimate of drug-likeness (QED) is 0.715. The molecule has 16 heavy (non-hydrogen) atoms. The Kier molecular flexibility index (Phi) is 4.66. The van der Waals surface area contributed by atoms with Crippen LogP contribution in [0, 0.1) is 11.8 Å². The predicted molar refractivity (Wildman–Crippen MR) is 65.5 cm³/mol. The molecule has 0 bridgehead atoms. The SMILES string of the molecule is CC(CCC(C)C1CCCO1)C1CCCO1. The van der Waals surface area contributed by atoms with Gasteiger partial charge in [0.1, 0.15) is 0 Å². The lowest BCUT2D eigenvalue weighted by Gasteiger charge is -2.23. The van der Waals surface area contributed by atoms with Crippen LogP contribution in [-0.2, 0) is 9.47 Å². The topological polar surface area (TPSA) is 18.5 Å². The highest BCUT2D eigenvalue weighted by Crippen LogP contribution is 2.28. The zero-order valence-electron chi connectivity index (χ0n) is 10.8. The molecule has 0 amide bonds. The molecule has 2 saturated heterocycles. The highest BCUT2D eigenvalue weighted by molar-refractivity contribution is 4.75. The highest BCUT2D eigenvalue weighted by Gasteiger charge is 2.26. The lowest BCUT2D eigenvalue weighted by Crippen LogP contribution is -2.21. The lowest BCUT2D eigenvalue weighted by molar-refractivity contribution is 0.0463. The third kappa shape index (κ3) is 3.21. The van der Waals surface area contributed by atoms with E-state index in [1.165, 1.54) is 38.5 Å². The molecule has 2 aliphatic heterocycles. The van der Waals surface area contributed by atoms with Gasteiger partial charge in [-0.1, -0.05) is 13.8 Å². The van der Waals surface area contributed by atoms with Crippen molar-refractivity contribution in [3.05, 3.63) is 0 Å². The maximum Gasteiger partial charge on any atom is 0.0601 e. The Morgan fingerprint density at radius 3 is 1.62 bits per heavy atom. The van der Waals surface area contributed by atoms with Crippen molar-refractivity contribution in [2.24, 2.45) is 11.8 Å². The van der Waals surface area contributed by atoms with E-state index in [0.29, 0.717) is 12.2 Å². The summed E-state index contributed by atoms with van der Waals surface area (Å²) < 4.78 is 11.5. The van der Waals surface area contributed by atoms with Crippen molar-refractivity contribution in [3.63, 3.8) is 0 Å². The van der Waals surface area contributed by atoms with Gasteiger partial charge in [-0.25, -0.2) is 0 Å². The second-order valence-corrected chi connectivity index (χ2v) is 5.63. The van der Waals surface area contributed by atoms with Gasteiger partial charge in [0.15, 0.2) is 0 Å². The van der Waals surface area contributed by atoms with E-state index in [0.717, 1.165) is 25.0 Å². The lowest BCUT2D eigenvalue weighted by atomic mass is 9.90. The molecule has 94 valence electrons. The average molecular weight is 226 g/mol. The molecule has 4 atom stereocenters. The van der Waals surface area contributed by atoms with E-state index in [1.54, 1.807) is 0 Å². The summed E-state index contributed by atoms with van der Waals surface area (Å²) in [5.74, 6) is 1.46. The standard InChI is InChI=1S/C14H26O2/c1-11(13-5-3-9-15-13)7-8-12(2)14-6-4-10-16-14/h11-14H,3-10H2,1-2H3. The van der Waals surface area contributed by atoms with Gasteiger partial charge in [-0.15, -0.1) is 0 Å². The molecule has 0 aromatic carbocycles. The summed E-state index contributed by atoms with van der Waals surface area (Å²) in [6.45, 7) is 6.66. The second-order valence-electron chi connectivity index (χ2n) is 5.63. The molecule has 2 fully saturated rings. The van der Waals surface area contributed by atoms with Gasteiger partial charge in [-0.2, -0.15) is 0 Å². The summed E-state index contributed by atoms with van der Waals surface area (Å²) in [7, 11) is 0. The van der Waals surface area contributed by atoms with Gasteiger partial charge in [0.05, 0.1) is 12.2 Å². The van der Waals surface area contributed by atoms with Crippen LogP contribution in [0.5, 0.6) is 0 Å². The van der Waals surface area contributed by atoms with Gasteiger partial charge in [-0.3, -0.25) is 0 Å². The first-order chi connectivity index (χ1) is 7.77. The van der Waals surface area contributed by atoms with Crippen LogP contribution in [0.2, 0.25) is 0 Å². The Bertz CT molecular complexity index is 171. The van der Waals surface area contributed by atoms with Crippen molar-refractivity contribution >= 4 is 0 Å². The molecule has 0 spiro atoms. The molecule has 0 radical (unpaired) electrons. The van der Waals surface area contributed by atoms with E-state index >= 15 is 0 Å². The Labute approximate surface area is 99.7 Å². The summed E-state index contributed by atoms with van der Waals surface area (Å²) >= 11 is 0. The number of ether oxygens (including phenoxy) is 2. The highest BCUT2D eigenvalue weighted by atomic mass is 16.5. The van der Waals surface area contributed by atoms with Gasteiger partial charge >= 0.3 is 0 Å². The van der Waals surface area contributed by atoms with Gasteiger partial charge < -0.3 is 9.47 Å². The third-order valence-corrected chi connectivity index (χ3v) is 4.28. The Balaban J connectivity index is 1.65. The molecule has 0 aliphatic carbocycles. The van der Waals surface area contributed by atoms with Crippen LogP contribution < -0.4 is 0 Å². The van der Waals surface area contributed by atoms with Crippen LogP contribution in [0.3, 0.4) is 0 Å². The van der Waals surface area contributed by atoms with Gasteiger partial charge in [0.25, 0.3) is 0 Å². The smallest absolute Gasteiger partial charge is 0.0601 e. The minimum absolute atomic E-state index is 0.539. The Morgan fingerprint density at radius 1 is 0.875 bits per heavy atom. The van der Waals surface area contributed by atoms with E-state index in [-0.39, 0.29) is 0 Å². The van der Waals surface area contributed by atoms with Crippen LogP contribution in [0.25, 0.3) is 0 Å². The van der Waals surface area contributed by atoms with Crippen LogP contribution in [0.15, 0.2) is 0 Å². The number of hydrogen-bond donors (Lipinski definition) is 0. The van der Waals surface area contributed by atoms with Crippen molar-refractivity contribution in [1.82, 2.24) is 0 Å². The van der Waals surface area contributed by atoms with Gasteiger partial charge in [-0.05, 0) is 50.4 Å². The van der Waals surface area contributed by atoms with Crippen LogP contribution in [0.1, 0.15) is 52.4 Å². The molecule has 2 heterocycles. The van der Waals surface area contributed by atoms with Crippen LogP contribution in [-0.4, -0.2) is 25.4 Å². The first-order valence-corrected chi connectivity index (χ1v) is 7.00. The first kappa shape index (κ1) is 12.4. The molecular weight excluding hydrogens is 200 g/mol. The van der Waals surface area contributed by atoms with Crippen molar-refractivity contribution in [3.8, 4) is 0 Å². The molecule has 0 N–H and O–H groups in total. The molecule has 2 rings (SSSR count). The summed E-state index contributed by atoms with van der Waals surface area (Å²) in [4.78, 5) is 0. The molecular formula is C14H26O2. The molecule has 0 aromatic heterocycles. The fraction of sp³-hybridized carbons (Fsp3) is 1.00. The molecule has 0 saturated carbocycles. The van der Waals surface area contributed by atoms with Crippen molar-refractivity contribution < 1.29 is 9.47 Å². The number of rotatable bonds is 5. The van der Waals surface area contributed by atoms with Gasteiger partial charge in [0.2, 0.25) is 0 Å². The molecule has 2 aliphatic rings. The van der Waals surface area contributed by atoms with Crippen molar-refractivity contribution in [2.75, 3.05) is 13.2 Å². The monoisotopic (exact) mass is 226 g/mol. The maximum absolute atomic E-state index is 5.74. The first-order valence-electron chi connectivity index (χ1n) is 7.00. The van der Waals surface area contributed by atoms with Crippen LogP contribution >= 0.6 is 0 Å². The van der Waals surface area contributed by atoms with E-state index in [4.69, 9.17) is 9.47 Å². The summed E-state index contributed by atoms with van der Waals surface area (Å²) in [5.41, 5.74) is 0. The minimum Gasteiger partial charge on any atom is -0.378 e. The largest absolute Gasteiger partial charge is 0.378 e. The average Bonchev–Trinajstić information content (AvgIpc) is 2.95. The van der Waals surface area contributed by atoms with Crippen molar-refractivity contribution in [2.45, 2.75) is 64.6 Å². The molecule has 2 heteroatoms. The van der Waals surface area contributed by atoms with Gasteiger partial charge in [0, 0.05) is 13.2 Å². The normalized spacial score (nSPS) is 34.1. The van der Waals surface area contributed by atoms with E-state index in [2.05, 4.69) is 13.8 Å². The third-order valence-electron chi connectivity index (χ3n) is 4.28. The molecule has 0 aromatic rings. The zero-order valence-corrected chi connectivity index (χ0v) is 10.8. The molecule has 4 unspecified atom stereocenters. The Morgan fingerprint density at radius 2 is 1.31 bits per heavy atom. The maximum atomic E-state index is 5.74. The fourth-order valence-electron chi connectivity index (χ4n) is 3.00. The summed E-state index contributed by atoms with van der Waals surface area (Å²) in [6, 6.07) is 0. The van der Waals surface area contributed by atoms with Crippen LogP contribution in [0.4, 0.5) is 0 Å². The minimum atomic E-state index is 0.539. The second kappa shape index (κ2) is 6.02. The van der Waals surface area contributed by atoms with E-state index in [1.807, 2.05) is 0 Å². The zero-order chi connectivity index (χ0) is 11.4. The summed E-state index contributed by atoms with van der Waals surface area (Å²) in [6.07, 6.45) is 8.74. The predicted octanol–water partition coefficient (Wildman–Crippen LogP) is 3.40. The Hall–Kier alpha value is -0.0800. The fourth-order valence-corrected chi connectivity index (χ4v) is 3.00.